The molecule has 4 aromatic rings. The van der Waals surface area contributed by atoms with E-state index in [4.69, 9.17) is 14.5 Å². The van der Waals surface area contributed by atoms with Crippen LogP contribution in [0.4, 0.5) is 0 Å². The summed E-state index contributed by atoms with van der Waals surface area (Å²) in [5.41, 5.74) is 3.95. The molecule has 3 aromatic carbocycles. The van der Waals surface area contributed by atoms with E-state index in [1.54, 1.807) is 19.2 Å². The molecule has 0 bridgehead atoms. The number of benzene rings is 3. The fourth-order valence-corrected chi connectivity index (χ4v) is 3.93. The number of hydrogen-bond acceptors (Lipinski definition) is 4. The van der Waals surface area contributed by atoms with Gasteiger partial charge in [-0.3, -0.25) is 4.79 Å². The Hall–Kier alpha value is -3.80. The molecule has 0 radical (unpaired) electrons. The summed E-state index contributed by atoms with van der Waals surface area (Å²) in [4.78, 5) is 17.3. The Morgan fingerprint density at radius 3 is 2.62 bits per heavy atom. The lowest BCUT2D eigenvalue weighted by Gasteiger charge is -2.11. The fourth-order valence-electron chi connectivity index (χ4n) is 3.93. The van der Waals surface area contributed by atoms with Crippen molar-refractivity contribution in [2.24, 2.45) is 0 Å². The average Bonchev–Trinajstić information content (AvgIpc) is 3.22. The largest absolute Gasteiger partial charge is 0.497 e. The van der Waals surface area contributed by atoms with Crippen molar-refractivity contribution >= 4 is 16.9 Å². The summed E-state index contributed by atoms with van der Waals surface area (Å²) in [6, 6.07) is 23.5. The molecule has 1 heterocycles. The number of carbonyl (C=O) groups is 1. The highest BCUT2D eigenvalue weighted by Crippen LogP contribution is 2.18. The predicted octanol–water partition coefficient (Wildman–Crippen LogP) is 5.19. The Balaban J connectivity index is 1.32. The molecule has 6 nitrogen and oxygen atoms in total. The second kappa shape index (κ2) is 11.4. The second-order valence-electron chi connectivity index (χ2n) is 8.27. The number of rotatable bonds is 11. The lowest BCUT2D eigenvalue weighted by molar-refractivity contribution is 0.0952. The molecule has 0 spiro atoms. The number of fused-ring (bicyclic) bond motifs is 1. The highest BCUT2D eigenvalue weighted by atomic mass is 16.5. The lowest BCUT2D eigenvalue weighted by atomic mass is 10.2. The van der Waals surface area contributed by atoms with Gasteiger partial charge in [0.05, 0.1) is 24.8 Å². The van der Waals surface area contributed by atoms with Gasteiger partial charge in [-0.25, -0.2) is 4.98 Å². The van der Waals surface area contributed by atoms with Crippen molar-refractivity contribution in [2.75, 3.05) is 20.3 Å². The van der Waals surface area contributed by atoms with E-state index >= 15 is 0 Å². The maximum atomic E-state index is 12.4. The van der Waals surface area contributed by atoms with Crippen LogP contribution in [0.15, 0.2) is 72.8 Å². The molecule has 6 heteroatoms. The van der Waals surface area contributed by atoms with Crippen molar-refractivity contribution < 1.29 is 14.3 Å². The van der Waals surface area contributed by atoms with Crippen molar-refractivity contribution in [1.82, 2.24) is 14.9 Å². The zero-order valence-corrected chi connectivity index (χ0v) is 19.8. The van der Waals surface area contributed by atoms with E-state index in [1.165, 1.54) is 5.56 Å². The third-order valence-corrected chi connectivity index (χ3v) is 5.74. The van der Waals surface area contributed by atoms with Gasteiger partial charge >= 0.3 is 0 Å². The van der Waals surface area contributed by atoms with Gasteiger partial charge in [0.25, 0.3) is 5.91 Å². The molecule has 1 aromatic heterocycles. The van der Waals surface area contributed by atoms with Crippen LogP contribution in [0.2, 0.25) is 0 Å². The third kappa shape index (κ3) is 5.95. The zero-order chi connectivity index (χ0) is 23.8. The van der Waals surface area contributed by atoms with Crippen LogP contribution in [-0.2, 0) is 13.0 Å². The first-order valence-corrected chi connectivity index (χ1v) is 11.7. The van der Waals surface area contributed by atoms with Crippen LogP contribution >= 0.6 is 0 Å². The number of imidazole rings is 1. The molecule has 1 N–H and O–H groups in total. The molecular formula is C28H31N3O3. The van der Waals surface area contributed by atoms with Gasteiger partial charge in [-0.2, -0.15) is 0 Å². The number of methoxy groups -OCH3 is 1. The van der Waals surface area contributed by atoms with Crippen LogP contribution in [0.25, 0.3) is 11.0 Å². The summed E-state index contributed by atoms with van der Waals surface area (Å²) in [5.74, 6) is 2.51. The van der Waals surface area contributed by atoms with E-state index in [2.05, 4.69) is 35.0 Å². The molecule has 0 fully saturated rings. The molecule has 0 aliphatic carbocycles. The van der Waals surface area contributed by atoms with Crippen molar-refractivity contribution in [2.45, 2.75) is 32.7 Å². The van der Waals surface area contributed by atoms with Crippen molar-refractivity contribution in [1.29, 1.82) is 0 Å². The number of nitrogens with one attached hydrogen (secondary N) is 1. The second-order valence-corrected chi connectivity index (χ2v) is 8.27. The maximum Gasteiger partial charge on any atom is 0.251 e. The topological polar surface area (TPSA) is 65.4 Å². The summed E-state index contributed by atoms with van der Waals surface area (Å²) in [5, 5.41) is 3.00. The summed E-state index contributed by atoms with van der Waals surface area (Å²) in [6.45, 7) is 4.12. The van der Waals surface area contributed by atoms with Crippen LogP contribution in [0, 0.1) is 6.92 Å². The van der Waals surface area contributed by atoms with Crippen molar-refractivity contribution in [3.8, 4) is 11.5 Å². The molecule has 0 atom stereocenters. The van der Waals surface area contributed by atoms with Gasteiger partial charge in [0.15, 0.2) is 0 Å². The van der Waals surface area contributed by atoms with Gasteiger partial charge in [0.1, 0.15) is 17.3 Å². The predicted molar refractivity (Wildman–Crippen MR) is 135 cm³/mol. The van der Waals surface area contributed by atoms with Crippen LogP contribution < -0.4 is 14.8 Å². The summed E-state index contributed by atoms with van der Waals surface area (Å²) in [6.07, 6.45) is 2.47. The van der Waals surface area contributed by atoms with Crippen molar-refractivity contribution in [3.63, 3.8) is 0 Å². The first kappa shape index (κ1) is 23.4. The highest BCUT2D eigenvalue weighted by molar-refractivity contribution is 5.94. The van der Waals surface area contributed by atoms with Crippen LogP contribution in [0.1, 0.15) is 34.6 Å². The van der Waals surface area contributed by atoms with Crippen LogP contribution in [-0.4, -0.2) is 35.7 Å². The molecule has 1 amide bonds. The smallest absolute Gasteiger partial charge is 0.251 e. The number of hydrogen-bond donors (Lipinski definition) is 1. The normalized spacial score (nSPS) is 10.9. The summed E-state index contributed by atoms with van der Waals surface area (Å²) >= 11 is 0. The molecular weight excluding hydrogens is 426 g/mol. The minimum atomic E-state index is -0.0966. The first-order chi connectivity index (χ1) is 16.6. The Morgan fingerprint density at radius 1 is 0.971 bits per heavy atom. The van der Waals surface area contributed by atoms with Gasteiger partial charge < -0.3 is 19.4 Å². The number of nitrogens with zero attached hydrogens (tertiary/aromatic N) is 2. The van der Waals surface area contributed by atoms with Gasteiger partial charge in [-0.05, 0) is 62.2 Å². The minimum Gasteiger partial charge on any atom is -0.497 e. The Bertz CT molecular complexity index is 1230. The van der Waals surface area contributed by atoms with Crippen molar-refractivity contribution in [3.05, 3.63) is 89.7 Å². The minimum absolute atomic E-state index is 0.0966. The summed E-state index contributed by atoms with van der Waals surface area (Å²) < 4.78 is 13.4. The Kier molecular flexibility index (Phi) is 7.81. The molecule has 176 valence electrons. The molecule has 0 aliphatic heterocycles. The molecule has 4 rings (SSSR count). The molecule has 0 aliphatic rings. The fraction of sp³-hybridized carbons (Fsp3) is 0.286. The van der Waals surface area contributed by atoms with E-state index < -0.39 is 0 Å². The number of ether oxygens (including phenoxy) is 2. The Morgan fingerprint density at radius 2 is 1.79 bits per heavy atom. The standard InChI is InChI=1S/C28H31N3O3/c1-21-13-15-23(16-14-21)34-19-7-18-31-26-11-4-3-10-25(26)30-27(31)12-6-17-29-28(32)22-8-5-9-24(20-22)33-2/h3-5,8-11,13-16,20H,6-7,12,17-19H2,1-2H3,(H,29,32). The average molecular weight is 458 g/mol. The first-order valence-electron chi connectivity index (χ1n) is 11.7. The summed E-state index contributed by atoms with van der Waals surface area (Å²) in [7, 11) is 1.59. The highest BCUT2D eigenvalue weighted by Gasteiger charge is 2.11. The van der Waals surface area contributed by atoms with E-state index in [9.17, 15) is 4.79 Å². The monoisotopic (exact) mass is 457 g/mol. The van der Waals surface area contributed by atoms with E-state index in [0.29, 0.717) is 24.5 Å². The number of aromatic nitrogens is 2. The zero-order valence-electron chi connectivity index (χ0n) is 19.8. The third-order valence-electron chi connectivity index (χ3n) is 5.74. The van der Waals surface area contributed by atoms with Crippen LogP contribution in [0.3, 0.4) is 0 Å². The van der Waals surface area contributed by atoms with Gasteiger partial charge in [0, 0.05) is 25.1 Å². The van der Waals surface area contributed by atoms with E-state index in [1.807, 2.05) is 42.5 Å². The van der Waals surface area contributed by atoms with Gasteiger partial charge in [-0.1, -0.05) is 35.9 Å². The number of amides is 1. The van der Waals surface area contributed by atoms with Gasteiger partial charge in [0.2, 0.25) is 0 Å². The molecule has 0 saturated carbocycles. The number of aryl methyl sites for hydroxylation is 3. The molecule has 0 unspecified atom stereocenters. The molecule has 0 saturated heterocycles. The van der Waals surface area contributed by atoms with E-state index in [-0.39, 0.29) is 5.91 Å². The molecule has 34 heavy (non-hydrogen) atoms. The Labute approximate surface area is 200 Å². The van der Waals surface area contributed by atoms with E-state index in [0.717, 1.165) is 48.4 Å². The SMILES string of the molecule is COc1cccc(C(=O)NCCCc2nc3ccccc3n2CCCOc2ccc(C)cc2)c1. The number of para-hydroxylation sites is 2. The quantitative estimate of drug-likeness (QED) is 0.315. The maximum absolute atomic E-state index is 12.4. The van der Waals surface area contributed by atoms with Crippen LogP contribution in [0.5, 0.6) is 11.5 Å². The number of carbonyl (C=O) groups excluding carboxylic acids is 1. The lowest BCUT2D eigenvalue weighted by Crippen LogP contribution is -2.25. The van der Waals surface area contributed by atoms with Gasteiger partial charge in [-0.15, -0.1) is 0 Å².